The van der Waals surface area contributed by atoms with Crippen LogP contribution in [-0.4, -0.2) is 31.2 Å². The van der Waals surface area contributed by atoms with Gasteiger partial charge in [0, 0.05) is 0 Å². The molecule has 0 aromatic heterocycles. The minimum atomic E-state index is -4.73. The first-order valence-electron chi connectivity index (χ1n) is 16.9. The monoisotopic (exact) mass is 713 g/mol. The molecule has 1 saturated carbocycles. The van der Waals surface area contributed by atoms with E-state index in [2.05, 4.69) is 0 Å². The fraction of sp³-hybridized carbons (Fsp3) is 0.167. The number of ketones is 1. The van der Waals surface area contributed by atoms with Gasteiger partial charge in [-0.1, -0.05) is 78.9 Å². The van der Waals surface area contributed by atoms with E-state index in [9.17, 15) is 13.2 Å². The highest BCUT2D eigenvalue weighted by Crippen LogP contribution is 2.74. The van der Waals surface area contributed by atoms with Crippen molar-refractivity contribution >= 4 is 34.4 Å². The lowest BCUT2D eigenvalue weighted by molar-refractivity contribution is -0.137. The van der Waals surface area contributed by atoms with Gasteiger partial charge >= 0.3 is 6.18 Å². The number of carbonyl (C=O) groups is 3. The van der Waals surface area contributed by atoms with E-state index < -0.39 is 46.2 Å². The average molecular weight is 714 g/mol. The third-order valence-electron chi connectivity index (χ3n) is 11.2. The molecule has 2 amide bonds. The number of Topliss-reactive ketones (excluding diaryl/α,β-unsaturated/α-hetero) is 1. The summed E-state index contributed by atoms with van der Waals surface area (Å²) in [6.45, 7) is -0.0135. The van der Waals surface area contributed by atoms with Crippen molar-refractivity contribution in [2.24, 2.45) is 11.8 Å². The second kappa shape index (κ2) is 10.8. The lowest BCUT2D eigenvalue weighted by atomic mass is 9.59. The van der Waals surface area contributed by atoms with Crippen LogP contribution >= 0.6 is 0 Å². The minimum absolute atomic E-state index is 0.00675. The maximum Gasteiger partial charge on any atom is 0.416 e. The molecular weight excluding hydrogens is 687 g/mol. The molecule has 4 atom stereocenters. The Labute approximate surface area is 300 Å². The van der Waals surface area contributed by atoms with Gasteiger partial charge in [-0.05, 0) is 75.9 Å². The van der Waals surface area contributed by atoms with Crippen LogP contribution in [0, 0.1) is 11.8 Å². The van der Waals surface area contributed by atoms with Crippen molar-refractivity contribution in [3.8, 4) is 23.0 Å². The van der Waals surface area contributed by atoms with Crippen molar-refractivity contribution < 1.29 is 46.5 Å². The van der Waals surface area contributed by atoms with Gasteiger partial charge in [-0.3, -0.25) is 14.4 Å². The van der Waals surface area contributed by atoms with Crippen LogP contribution < -0.4 is 23.8 Å². The summed E-state index contributed by atoms with van der Waals surface area (Å²) in [7, 11) is 0. The van der Waals surface area contributed by atoms with Gasteiger partial charge in [0.05, 0.1) is 33.9 Å². The Morgan fingerprint density at radius 3 is 1.49 bits per heavy atom. The molecule has 0 unspecified atom stereocenters. The quantitative estimate of drug-likeness (QED) is 0.176. The molecule has 2 aliphatic carbocycles. The summed E-state index contributed by atoms with van der Waals surface area (Å²) in [6, 6.07) is 32.4. The number of alkyl halides is 3. The van der Waals surface area contributed by atoms with Crippen LogP contribution in [0.4, 0.5) is 18.9 Å². The molecule has 0 spiro atoms. The molecule has 3 aliphatic heterocycles. The summed E-state index contributed by atoms with van der Waals surface area (Å²) < 4.78 is 64.9. The average Bonchev–Trinajstić information content (AvgIpc) is 3.98. The smallest absolute Gasteiger partial charge is 0.416 e. The molecular formula is C42H26F3NO7. The highest BCUT2D eigenvalue weighted by atomic mass is 19.4. The highest BCUT2D eigenvalue weighted by Gasteiger charge is 2.83. The molecule has 5 aromatic rings. The van der Waals surface area contributed by atoms with Crippen molar-refractivity contribution in [2.45, 2.75) is 17.0 Å². The molecule has 0 radical (unpaired) electrons. The van der Waals surface area contributed by atoms with Crippen molar-refractivity contribution in [1.82, 2.24) is 0 Å². The molecule has 10 rings (SSSR count). The molecule has 5 aliphatic rings. The lowest BCUT2D eigenvalue weighted by Gasteiger charge is -2.39. The van der Waals surface area contributed by atoms with E-state index in [4.69, 9.17) is 18.9 Å². The molecule has 8 nitrogen and oxygen atoms in total. The first kappa shape index (κ1) is 31.4. The number of amides is 2. The van der Waals surface area contributed by atoms with E-state index in [1.807, 2.05) is 0 Å². The Balaban J connectivity index is 1.34. The maximum absolute atomic E-state index is 16.2. The Kier molecular flexibility index (Phi) is 6.41. The zero-order valence-corrected chi connectivity index (χ0v) is 27.6. The topological polar surface area (TPSA) is 91.4 Å². The van der Waals surface area contributed by atoms with Gasteiger partial charge in [-0.25, -0.2) is 4.90 Å². The number of fused-ring (bicyclic) bond motifs is 7. The Hall–Kier alpha value is -6.36. The van der Waals surface area contributed by atoms with Crippen molar-refractivity contribution in [2.75, 3.05) is 18.5 Å². The lowest BCUT2D eigenvalue weighted by Crippen LogP contribution is -2.45. The second-order valence-electron chi connectivity index (χ2n) is 13.6. The maximum atomic E-state index is 16.2. The number of halogens is 3. The Morgan fingerprint density at radius 2 is 1.02 bits per heavy atom. The molecule has 2 fully saturated rings. The van der Waals surface area contributed by atoms with Gasteiger partial charge in [0.15, 0.2) is 28.8 Å². The summed E-state index contributed by atoms with van der Waals surface area (Å²) in [5.41, 5.74) is -1.83. The fourth-order valence-electron chi connectivity index (χ4n) is 9.30. The molecule has 3 heterocycles. The van der Waals surface area contributed by atoms with E-state index in [0.29, 0.717) is 56.4 Å². The number of hydrogen-bond acceptors (Lipinski definition) is 7. The third-order valence-corrected chi connectivity index (χ3v) is 11.2. The first-order chi connectivity index (χ1) is 25.7. The van der Waals surface area contributed by atoms with Gasteiger partial charge in [0.2, 0.25) is 25.4 Å². The van der Waals surface area contributed by atoms with Crippen LogP contribution in [0.25, 0.3) is 11.1 Å². The van der Waals surface area contributed by atoms with Crippen LogP contribution in [0.3, 0.4) is 0 Å². The van der Waals surface area contributed by atoms with Crippen LogP contribution in [0.15, 0.2) is 121 Å². The first-order valence-corrected chi connectivity index (χ1v) is 16.9. The second-order valence-corrected chi connectivity index (χ2v) is 13.6. The number of anilines is 1. The molecule has 11 heteroatoms. The number of benzene rings is 5. The summed E-state index contributed by atoms with van der Waals surface area (Å²) in [5.74, 6) is -2.72. The number of ether oxygens (including phenoxy) is 4. The zero-order valence-electron chi connectivity index (χ0n) is 27.6. The predicted molar refractivity (Wildman–Crippen MR) is 184 cm³/mol. The number of hydrogen-bond donors (Lipinski definition) is 0. The highest BCUT2D eigenvalue weighted by molar-refractivity contribution is 6.39. The standard InChI is InChI=1S/C42H26F3NO7/c43-42(44,45)27-12-7-13-28(20-27)46-37(47)35-36(38(46)48)41(26-10-5-2-6-11-26)34(24-15-17-30-32(19-24)53-22-51-30)33(23-14-16-29-31(18-23)52-21-50-29)40(35,39(41)49)25-8-3-1-4-9-25/h1-20,35-36H,21-22H2/t35-,36-,40+,41+/m1/s1. The minimum Gasteiger partial charge on any atom is -0.454 e. The number of nitrogens with zero attached hydrogens (tertiary/aromatic N) is 1. The summed E-state index contributed by atoms with van der Waals surface area (Å²) in [5, 5.41) is 0. The Bertz CT molecular complexity index is 2310. The number of allylic oxidation sites excluding steroid dienone is 2. The van der Waals surface area contributed by atoms with Crippen LogP contribution in [0.2, 0.25) is 0 Å². The summed E-state index contributed by atoms with van der Waals surface area (Å²) in [6.07, 6.45) is -4.73. The molecule has 0 N–H and O–H groups in total. The van der Waals surface area contributed by atoms with E-state index in [1.165, 1.54) is 12.1 Å². The summed E-state index contributed by atoms with van der Waals surface area (Å²) >= 11 is 0. The normalized spacial score (nSPS) is 25.1. The number of imide groups is 1. The van der Waals surface area contributed by atoms with E-state index in [0.717, 1.165) is 17.0 Å². The van der Waals surface area contributed by atoms with Gasteiger partial charge in [0.1, 0.15) is 0 Å². The molecule has 262 valence electrons. The molecule has 53 heavy (non-hydrogen) atoms. The summed E-state index contributed by atoms with van der Waals surface area (Å²) in [4.78, 5) is 47.3. The van der Waals surface area contributed by atoms with Crippen LogP contribution in [-0.2, 0) is 31.4 Å². The van der Waals surface area contributed by atoms with Crippen LogP contribution in [0.5, 0.6) is 23.0 Å². The third kappa shape index (κ3) is 3.99. The molecule has 5 aromatic carbocycles. The zero-order chi connectivity index (χ0) is 36.3. The van der Waals surface area contributed by atoms with Gasteiger partial charge < -0.3 is 18.9 Å². The Morgan fingerprint density at radius 1 is 0.547 bits per heavy atom. The van der Waals surface area contributed by atoms with Crippen molar-refractivity contribution in [3.63, 3.8) is 0 Å². The van der Waals surface area contributed by atoms with Crippen molar-refractivity contribution in [1.29, 1.82) is 0 Å². The van der Waals surface area contributed by atoms with Crippen molar-refractivity contribution in [3.05, 3.63) is 149 Å². The predicted octanol–water partition coefficient (Wildman–Crippen LogP) is 7.35. The van der Waals surface area contributed by atoms with E-state index in [1.54, 1.807) is 97.1 Å². The van der Waals surface area contributed by atoms with Gasteiger partial charge in [-0.15, -0.1) is 0 Å². The van der Waals surface area contributed by atoms with Gasteiger partial charge in [-0.2, -0.15) is 13.2 Å². The fourth-order valence-corrected chi connectivity index (χ4v) is 9.30. The number of carbonyl (C=O) groups excluding carboxylic acids is 3. The van der Waals surface area contributed by atoms with E-state index >= 15 is 14.4 Å². The van der Waals surface area contributed by atoms with Crippen LogP contribution in [0.1, 0.15) is 27.8 Å². The van der Waals surface area contributed by atoms with Gasteiger partial charge in [0.25, 0.3) is 0 Å². The largest absolute Gasteiger partial charge is 0.454 e. The van der Waals surface area contributed by atoms with E-state index in [-0.39, 0.29) is 25.1 Å². The number of rotatable bonds is 5. The molecule has 1 saturated heterocycles. The SMILES string of the molecule is O=C1[C@H]2[C@H](C(=O)N1c1cccc(C(F)(F)F)c1)[C@@]1(c3ccccc3)C(=O)[C@@]2(c2ccccc2)C(c2ccc3c(c2)OCO3)=C1c1ccc2c(c1)OCO2. The molecule has 2 bridgehead atoms.